The highest BCUT2D eigenvalue weighted by Gasteiger charge is 2.19. The lowest BCUT2D eigenvalue weighted by molar-refractivity contribution is -0.675. The van der Waals surface area contributed by atoms with E-state index in [9.17, 15) is 4.79 Å². The molecule has 1 aromatic heterocycles. The predicted octanol–water partition coefficient (Wildman–Crippen LogP) is 3.76. The number of nitrogens with one attached hydrogen (secondary N) is 1. The number of nitrogens with two attached hydrogens (primary N) is 1. The summed E-state index contributed by atoms with van der Waals surface area (Å²) >= 11 is 3.39. The summed E-state index contributed by atoms with van der Waals surface area (Å²) in [6.07, 6.45) is 2.03. The van der Waals surface area contributed by atoms with Gasteiger partial charge in [-0.2, -0.15) is 0 Å². The number of amides is 1. The Morgan fingerprint density at radius 3 is 2.68 bits per heavy atom. The summed E-state index contributed by atoms with van der Waals surface area (Å²) in [5.74, 6) is 0.00994. The van der Waals surface area contributed by atoms with Crippen LogP contribution < -0.4 is 10.6 Å². The van der Waals surface area contributed by atoms with E-state index < -0.39 is 0 Å². The van der Waals surface area contributed by atoms with Crippen LogP contribution in [0.15, 0.2) is 77.0 Å². The molecule has 3 N–H and O–H groups in total. The summed E-state index contributed by atoms with van der Waals surface area (Å²) in [6, 6.07) is 22.6. The zero-order chi connectivity index (χ0) is 17.5. The normalized spacial score (nSPS) is 11.9. The summed E-state index contributed by atoms with van der Waals surface area (Å²) in [4.78, 5) is 14.8. The van der Waals surface area contributed by atoms with Crippen LogP contribution in [0.2, 0.25) is 0 Å². The zero-order valence-electron chi connectivity index (χ0n) is 14.0. The lowest BCUT2D eigenvalue weighted by Gasteiger charge is -2.15. The Bertz CT molecular complexity index is 804. The second kappa shape index (κ2) is 8.85. The lowest BCUT2D eigenvalue weighted by Crippen LogP contribution is -2.87. The molecule has 3 rings (SSSR count). The molecule has 5 heteroatoms. The molecule has 0 fully saturated rings. The molecule has 1 heterocycles. The van der Waals surface area contributed by atoms with Gasteiger partial charge in [-0.1, -0.05) is 42.5 Å². The molecule has 0 spiro atoms. The van der Waals surface area contributed by atoms with Gasteiger partial charge in [0.2, 0.25) is 0 Å². The molecule has 25 heavy (non-hydrogen) atoms. The minimum atomic E-state index is 0.00994. The Morgan fingerprint density at radius 1 is 1.12 bits per heavy atom. The summed E-state index contributed by atoms with van der Waals surface area (Å²) in [7, 11) is 0. The van der Waals surface area contributed by atoms with Gasteiger partial charge in [-0.05, 0) is 35.9 Å². The third-order valence-electron chi connectivity index (χ3n) is 3.90. The Labute approximate surface area is 156 Å². The summed E-state index contributed by atoms with van der Waals surface area (Å²) in [5, 5.41) is 7.16. The molecule has 0 saturated carbocycles. The molecular weight excluding hydrogens is 348 g/mol. The highest BCUT2D eigenvalue weighted by Crippen LogP contribution is 2.22. The van der Waals surface area contributed by atoms with Crippen LogP contribution >= 0.6 is 23.1 Å². The molecule has 3 aromatic rings. The van der Waals surface area contributed by atoms with Gasteiger partial charge < -0.3 is 10.6 Å². The molecule has 0 aliphatic rings. The summed E-state index contributed by atoms with van der Waals surface area (Å²) in [5.41, 5.74) is 2.06. The number of carbonyl (C=O) groups is 1. The van der Waals surface area contributed by atoms with Crippen LogP contribution in [0.5, 0.6) is 0 Å². The monoisotopic (exact) mass is 369 g/mol. The quantitative estimate of drug-likeness (QED) is 0.623. The molecule has 128 valence electrons. The van der Waals surface area contributed by atoms with E-state index in [1.54, 1.807) is 23.1 Å². The van der Waals surface area contributed by atoms with Crippen LogP contribution in [0.25, 0.3) is 0 Å². The molecule has 1 amide bonds. The van der Waals surface area contributed by atoms with Crippen LogP contribution in [-0.2, 0) is 4.79 Å². The molecule has 2 aromatic carbocycles. The van der Waals surface area contributed by atoms with Gasteiger partial charge in [0.1, 0.15) is 6.04 Å². The van der Waals surface area contributed by atoms with Crippen molar-refractivity contribution in [2.45, 2.75) is 10.9 Å². The SMILES string of the molecule is CSc1cccc(NC(=O)C[NH2+][C@@H](c2ccccc2)c2cccs2)c1. The molecular formula is C20H21N2OS2+. The molecule has 0 aliphatic carbocycles. The lowest BCUT2D eigenvalue weighted by atomic mass is 10.1. The number of hydrogen-bond acceptors (Lipinski definition) is 3. The van der Waals surface area contributed by atoms with Gasteiger partial charge >= 0.3 is 0 Å². The fourth-order valence-electron chi connectivity index (χ4n) is 2.68. The Morgan fingerprint density at radius 2 is 1.96 bits per heavy atom. The number of hydrogen-bond donors (Lipinski definition) is 2. The maximum absolute atomic E-state index is 12.4. The van der Waals surface area contributed by atoms with Crippen molar-refractivity contribution < 1.29 is 10.1 Å². The van der Waals surface area contributed by atoms with E-state index in [1.807, 2.05) is 48.7 Å². The summed E-state index contributed by atoms with van der Waals surface area (Å²) < 4.78 is 0. The standard InChI is InChI=1S/C20H20N2OS2/c1-24-17-10-5-9-16(13-17)22-19(23)14-21-20(18-11-6-12-25-18)15-7-3-2-4-8-15/h2-13,20-21H,14H2,1H3,(H,22,23)/p+1/t20-/m0/s1. The van der Waals surface area contributed by atoms with Crippen LogP contribution in [-0.4, -0.2) is 18.7 Å². The number of carbonyl (C=O) groups excluding carboxylic acids is 1. The van der Waals surface area contributed by atoms with Gasteiger partial charge in [-0.15, -0.1) is 23.1 Å². The van der Waals surface area contributed by atoms with E-state index in [-0.39, 0.29) is 11.9 Å². The molecule has 3 nitrogen and oxygen atoms in total. The molecule has 0 bridgehead atoms. The first kappa shape index (κ1) is 17.7. The smallest absolute Gasteiger partial charge is 0.279 e. The zero-order valence-corrected chi connectivity index (χ0v) is 15.6. The summed E-state index contributed by atoms with van der Waals surface area (Å²) in [6.45, 7) is 0.376. The maximum atomic E-state index is 12.4. The van der Waals surface area contributed by atoms with Crippen molar-refractivity contribution in [3.8, 4) is 0 Å². The number of anilines is 1. The van der Waals surface area contributed by atoms with E-state index >= 15 is 0 Å². The van der Waals surface area contributed by atoms with Crippen molar-refractivity contribution in [3.05, 3.63) is 82.6 Å². The Kier molecular flexibility index (Phi) is 6.28. The van der Waals surface area contributed by atoms with Crippen LogP contribution in [0.3, 0.4) is 0 Å². The molecule has 0 saturated heterocycles. The second-order valence-corrected chi connectivity index (χ2v) is 7.48. The first-order valence-electron chi connectivity index (χ1n) is 8.12. The molecule has 1 atom stereocenters. The van der Waals surface area contributed by atoms with E-state index in [4.69, 9.17) is 0 Å². The number of quaternary nitrogens is 1. The van der Waals surface area contributed by atoms with Gasteiger partial charge in [-0.3, -0.25) is 4.79 Å². The minimum absolute atomic E-state index is 0.00994. The van der Waals surface area contributed by atoms with Crippen LogP contribution in [0.4, 0.5) is 5.69 Å². The van der Waals surface area contributed by atoms with Gasteiger partial charge in [-0.25, -0.2) is 0 Å². The third kappa shape index (κ3) is 4.95. The van der Waals surface area contributed by atoms with Crippen LogP contribution in [0, 0.1) is 0 Å². The molecule has 0 radical (unpaired) electrons. The highest BCUT2D eigenvalue weighted by molar-refractivity contribution is 7.98. The fourth-order valence-corrected chi connectivity index (χ4v) is 3.99. The van der Waals surface area contributed by atoms with Crippen molar-refractivity contribution in [2.24, 2.45) is 0 Å². The average Bonchev–Trinajstić information content (AvgIpc) is 3.17. The average molecular weight is 370 g/mol. The maximum Gasteiger partial charge on any atom is 0.279 e. The first-order chi connectivity index (χ1) is 12.3. The Balaban J connectivity index is 1.66. The van der Waals surface area contributed by atoms with E-state index in [2.05, 4.69) is 40.3 Å². The number of benzene rings is 2. The van der Waals surface area contributed by atoms with Crippen molar-refractivity contribution >= 4 is 34.7 Å². The van der Waals surface area contributed by atoms with Crippen molar-refractivity contribution in [2.75, 3.05) is 18.1 Å². The van der Waals surface area contributed by atoms with Crippen molar-refractivity contribution in [1.29, 1.82) is 0 Å². The van der Waals surface area contributed by atoms with Crippen LogP contribution in [0.1, 0.15) is 16.5 Å². The largest absolute Gasteiger partial charge is 0.328 e. The van der Waals surface area contributed by atoms with Gasteiger partial charge in [0, 0.05) is 16.1 Å². The molecule has 0 unspecified atom stereocenters. The van der Waals surface area contributed by atoms with E-state index in [1.165, 1.54) is 10.4 Å². The number of thiophene rings is 1. The number of rotatable bonds is 7. The van der Waals surface area contributed by atoms with E-state index in [0.29, 0.717) is 6.54 Å². The highest BCUT2D eigenvalue weighted by atomic mass is 32.2. The minimum Gasteiger partial charge on any atom is -0.328 e. The van der Waals surface area contributed by atoms with Crippen molar-refractivity contribution in [1.82, 2.24) is 0 Å². The predicted molar refractivity (Wildman–Crippen MR) is 106 cm³/mol. The van der Waals surface area contributed by atoms with E-state index in [0.717, 1.165) is 10.6 Å². The third-order valence-corrected chi connectivity index (χ3v) is 5.58. The first-order valence-corrected chi connectivity index (χ1v) is 10.2. The molecule has 0 aliphatic heterocycles. The van der Waals surface area contributed by atoms with Gasteiger partial charge in [0.05, 0.1) is 4.88 Å². The Hall–Kier alpha value is -2.08. The van der Waals surface area contributed by atoms with Crippen molar-refractivity contribution in [3.63, 3.8) is 0 Å². The topological polar surface area (TPSA) is 45.7 Å². The van der Waals surface area contributed by atoms with Gasteiger partial charge in [0.15, 0.2) is 6.54 Å². The second-order valence-electron chi connectivity index (χ2n) is 5.62. The van der Waals surface area contributed by atoms with Gasteiger partial charge in [0.25, 0.3) is 5.91 Å². The number of thioether (sulfide) groups is 1. The fraction of sp³-hybridized carbons (Fsp3) is 0.150.